The zero-order chi connectivity index (χ0) is 14.8. The molecule has 0 unspecified atom stereocenters. The Balaban J connectivity index is 1.82. The van der Waals surface area contributed by atoms with Crippen LogP contribution in [-0.2, 0) is 6.61 Å². The number of carboxylic acid groups (broad SMARTS) is 1. The monoisotopic (exact) mass is 302 g/mol. The maximum absolute atomic E-state index is 10.9. The number of hydrogen-bond acceptors (Lipinski definition) is 3. The first-order valence-electron chi connectivity index (χ1n) is 6.22. The number of nitrogens with zero attached hydrogens (tertiary/aromatic N) is 2. The Bertz CT molecular complexity index is 814. The Morgan fingerprint density at radius 3 is 2.90 bits per heavy atom. The number of pyridine rings is 1. The number of carbonyl (C=O) groups is 1. The summed E-state index contributed by atoms with van der Waals surface area (Å²) in [7, 11) is 0. The van der Waals surface area contributed by atoms with Crippen LogP contribution >= 0.6 is 11.6 Å². The predicted octanol–water partition coefficient (Wildman–Crippen LogP) is 3.26. The summed E-state index contributed by atoms with van der Waals surface area (Å²) in [5, 5.41) is 9.49. The topological polar surface area (TPSA) is 63.8 Å². The number of hydrogen-bond donors (Lipinski definition) is 1. The second-order valence-corrected chi connectivity index (χ2v) is 4.84. The maximum atomic E-state index is 10.9. The molecule has 0 radical (unpaired) electrons. The van der Waals surface area contributed by atoms with Crippen molar-refractivity contribution in [2.45, 2.75) is 6.61 Å². The largest absolute Gasteiger partial charge is 0.486 e. The van der Waals surface area contributed by atoms with Gasteiger partial charge in [0.1, 0.15) is 18.0 Å². The first-order chi connectivity index (χ1) is 10.1. The summed E-state index contributed by atoms with van der Waals surface area (Å²) in [4.78, 5) is 15.3. The van der Waals surface area contributed by atoms with Crippen molar-refractivity contribution in [2.24, 2.45) is 0 Å². The molecule has 0 fully saturated rings. The quantitative estimate of drug-likeness (QED) is 0.803. The van der Waals surface area contributed by atoms with E-state index >= 15 is 0 Å². The van der Waals surface area contributed by atoms with Crippen LogP contribution in [0.3, 0.4) is 0 Å². The summed E-state index contributed by atoms with van der Waals surface area (Å²) in [6, 6.07) is 10.2. The van der Waals surface area contributed by atoms with Gasteiger partial charge in [0.2, 0.25) is 0 Å². The van der Waals surface area contributed by atoms with Crippen LogP contribution in [-0.4, -0.2) is 20.5 Å². The van der Waals surface area contributed by atoms with E-state index in [0.717, 1.165) is 0 Å². The van der Waals surface area contributed by atoms with Gasteiger partial charge in [-0.15, -0.1) is 0 Å². The lowest BCUT2D eigenvalue weighted by atomic mass is 10.3. The average Bonchev–Trinajstić information content (AvgIpc) is 2.88. The molecule has 1 N–H and O–H groups in total. The fourth-order valence-corrected chi connectivity index (χ4v) is 2.14. The minimum atomic E-state index is -0.977. The van der Waals surface area contributed by atoms with Crippen molar-refractivity contribution in [2.75, 3.05) is 0 Å². The van der Waals surface area contributed by atoms with E-state index in [0.29, 0.717) is 22.1 Å². The van der Waals surface area contributed by atoms with Gasteiger partial charge in [0.05, 0.1) is 16.3 Å². The van der Waals surface area contributed by atoms with Gasteiger partial charge in [-0.05, 0) is 24.3 Å². The molecule has 5 nitrogen and oxygen atoms in total. The number of benzene rings is 1. The lowest BCUT2D eigenvalue weighted by Crippen LogP contribution is -1.97. The minimum Gasteiger partial charge on any atom is -0.486 e. The Hall–Kier alpha value is -2.53. The molecule has 106 valence electrons. The summed E-state index contributed by atoms with van der Waals surface area (Å²) in [6.45, 7) is 0.258. The second kappa shape index (κ2) is 5.46. The number of para-hydroxylation sites is 1. The normalized spacial score (nSPS) is 10.7. The first-order valence-corrected chi connectivity index (χ1v) is 6.59. The van der Waals surface area contributed by atoms with Crippen molar-refractivity contribution in [3.8, 4) is 5.75 Å². The maximum Gasteiger partial charge on any atom is 0.335 e. The molecule has 1 aromatic carbocycles. The molecule has 0 spiro atoms. The molecule has 6 heteroatoms. The van der Waals surface area contributed by atoms with Crippen LogP contribution in [0.2, 0.25) is 5.02 Å². The van der Waals surface area contributed by atoms with Crippen molar-refractivity contribution in [1.82, 2.24) is 9.38 Å². The molecular weight excluding hydrogens is 292 g/mol. The summed E-state index contributed by atoms with van der Waals surface area (Å²) in [5.41, 5.74) is 1.46. The molecule has 0 atom stereocenters. The SMILES string of the molecule is O=C(O)c1ccn2cc(COc3ccccc3Cl)nc2c1. The number of imidazole rings is 1. The smallest absolute Gasteiger partial charge is 0.335 e. The number of aromatic carboxylic acids is 1. The molecule has 2 aromatic heterocycles. The molecule has 0 aliphatic rings. The zero-order valence-corrected chi connectivity index (χ0v) is 11.6. The van der Waals surface area contributed by atoms with Crippen LogP contribution in [0.1, 0.15) is 16.1 Å². The van der Waals surface area contributed by atoms with E-state index in [4.69, 9.17) is 21.4 Å². The lowest BCUT2D eigenvalue weighted by molar-refractivity contribution is 0.0697. The second-order valence-electron chi connectivity index (χ2n) is 4.44. The molecule has 21 heavy (non-hydrogen) atoms. The molecule has 0 bridgehead atoms. The number of fused-ring (bicyclic) bond motifs is 1. The van der Waals surface area contributed by atoms with Gasteiger partial charge in [-0.1, -0.05) is 23.7 Å². The van der Waals surface area contributed by atoms with Gasteiger partial charge in [-0.3, -0.25) is 0 Å². The predicted molar refractivity (Wildman–Crippen MR) is 77.9 cm³/mol. The van der Waals surface area contributed by atoms with Crippen molar-refractivity contribution in [1.29, 1.82) is 0 Å². The van der Waals surface area contributed by atoms with Crippen LogP contribution in [0.25, 0.3) is 5.65 Å². The number of rotatable bonds is 4. The van der Waals surface area contributed by atoms with Crippen LogP contribution in [0.4, 0.5) is 0 Å². The highest BCUT2D eigenvalue weighted by atomic mass is 35.5. The van der Waals surface area contributed by atoms with Gasteiger partial charge in [0, 0.05) is 12.4 Å². The molecule has 3 aromatic rings. The van der Waals surface area contributed by atoms with E-state index in [9.17, 15) is 4.79 Å². The number of aromatic nitrogens is 2. The van der Waals surface area contributed by atoms with Gasteiger partial charge in [0.15, 0.2) is 0 Å². The zero-order valence-electron chi connectivity index (χ0n) is 10.9. The third-order valence-corrected chi connectivity index (χ3v) is 3.28. The van der Waals surface area contributed by atoms with Gasteiger partial charge in [0.25, 0.3) is 0 Å². The number of ether oxygens (including phenoxy) is 1. The van der Waals surface area contributed by atoms with Gasteiger partial charge < -0.3 is 14.2 Å². The summed E-state index contributed by atoms with van der Waals surface area (Å²) >= 11 is 6.01. The highest BCUT2D eigenvalue weighted by molar-refractivity contribution is 6.32. The van der Waals surface area contributed by atoms with Gasteiger partial charge in [-0.25, -0.2) is 9.78 Å². The minimum absolute atomic E-state index is 0.201. The van der Waals surface area contributed by atoms with E-state index in [-0.39, 0.29) is 12.2 Å². The molecular formula is C15H11ClN2O3. The summed E-state index contributed by atoms with van der Waals surface area (Å²) in [6.07, 6.45) is 3.45. The molecule has 0 saturated heterocycles. The van der Waals surface area contributed by atoms with E-state index in [1.807, 2.05) is 12.1 Å². The number of halogens is 1. The molecule has 0 amide bonds. The standard InChI is InChI=1S/C15H11ClN2O3/c16-12-3-1-2-4-13(12)21-9-11-8-18-6-5-10(15(19)20)7-14(18)17-11/h1-8H,9H2,(H,19,20). The highest BCUT2D eigenvalue weighted by Crippen LogP contribution is 2.24. The van der Waals surface area contributed by atoms with E-state index in [1.54, 1.807) is 28.9 Å². The average molecular weight is 303 g/mol. The van der Waals surface area contributed by atoms with Crippen LogP contribution in [0.5, 0.6) is 5.75 Å². The molecule has 2 heterocycles. The first kappa shape index (κ1) is 13.5. The molecule has 0 saturated carbocycles. The van der Waals surface area contributed by atoms with E-state index < -0.39 is 5.97 Å². The van der Waals surface area contributed by atoms with Crippen molar-refractivity contribution >= 4 is 23.2 Å². The van der Waals surface area contributed by atoms with Gasteiger partial charge >= 0.3 is 5.97 Å². The fraction of sp³-hybridized carbons (Fsp3) is 0.0667. The Labute approximate surface area is 125 Å². The summed E-state index contributed by atoms with van der Waals surface area (Å²) in [5.74, 6) is -0.392. The third kappa shape index (κ3) is 2.83. The van der Waals surface area contributed by atoms with Crippen molar-refractivity contribution in [3.05, 3.63) is 65.1 Å². The Morgan fingerprint density at radius 1 is 1.33 bits per heavy atom. The van der Waals surface area contributed by atoms with Crippen molar-refractivity contribution in [3.63, 3.8) is 0 Å². The number of carboxylic acids is 1. The fourth-order valence-electron chi connectivity index (χ4n) is 1.95. The van der Waals surface area contributed by atoms with Crippen LogP contribution < -0.4 is 4.74 Å². The lowest BCUT2D eigenvalue weighted by Gasteiger charge is -2.05. The van der Waals surface area contributed by atoms with Crippen molar-refractivity contribution < 1.29 is 14.6 Å². The third-order valence-electron chi connectivity index (χ3n) is 2.97. The molecule has 3 rings (SSSR count). The highest BCUT2D eigenvalue weighted by Gasteiger charge is 2.08. The van der Waals surface area contributed by atoms with Crippen LogP contribution in [0.15, 0.2) is 48.8 Å². The van der Waals surface area contributed by atoms with E-state index in [1.165, 1.54) is 12.1 Å². The summed E-state index contributed by atoms with van der Waals surface area (Å²) < 4.78 is 7.35. The Kier molecular flexibility index (Phi) is 3.50. The van der Waals surface area contributed by atoms with Crippen LogP contribution in [0, 0.1) is 0 Å². The molecule has 0 aliphatic carbocycles. The van der Waals surface area contributed by atoms with Gasteiger partial charge in [-0.2, -0.15) is 0 Å². The molecule has 0 aliphatic heterocycles. The Morgan fingerprint density at radius 2 is 2.14 bits per heavy atom. The van der Waals surface area contributed by atoms with E-state index in [2.05, 4.69) is 4.98 Å².